The van der Waals surface area contributed by atoms with E-state index in [9.17, 15) is 5.11 Å². The molecular weight excluding hydrogens is 362 g/mol. The van der Waals surface area contributed by atoms with Crippen molar-refractivity contribution in [2.75, 3.05) is 26.2 Å². The van der Waals surface area contributed by atoms with Gasteiger partial charge in [0.1, 0.15) is 17.5 Å². The van der Waals surface area contributed by atoms with E-state index in [-0.39, 0.29) is 6.10 Å². The lowest BCUT2D eigenvalue weighted by Gasteiger charge is -2.35. The molecule has 2 N–H and O–H groups in total. The number of fused-ring (bicyclic) bond motifs is 1. The highest BCUT2D eigenvalue weighted by atomic mass is 16.5. The Morgan fingerprint density at radius 1 is 1.14 bits per heavy atom. The van der Waals surface area contributed by atoms with Gasteiger partial charge in [-0.25, -0.2) is 4.99 Å². The number of rotatable bonds is 5. The van der Waals surface area contributed by atoms with Crippen LogP contribution in [0.3, 0.4) is 0 Å². The zero-order valence-electron chi connectivity index (χ0n) is 17.2. The van der Waals surface area contributed by atoms with Gasteiger partial charge in [-0.15, -0.1) is 0 Å². The minimum atomic E-state index is -0.855. The first-order valence-corrected chi connectivity index (χ1v) is 10.7. The van der Waals surface area contributed by atoms with E-state index < -0.39 is 5.60 Å². The molecule has 4 rings (SSSR count). The Bertz CT molecular complexity index is 831. The number of aliphatic hydroxyl groups is 1. The van der Waals surface area contributed by atoms with E-state index in [2.05, 4.69) is 23.2 Å². The Kier molecular flexibility index (Phi) is 6.05. The average Bonchev–Trinajstić information content (AvgIpc) is 3.10. The van der Waals surface area contributed by atoms with Crippen molar-refractivity contribution in [2.45, 2.75) is 44.3 Å². The summed E-state index contributed by atoms with van der Waals surface area (Å²) < 4.78 is 6.11. The van der Waals surface area contributed by atoms with Gasteiger partial charge in [-0.1, -0.05) is 42.5 Å². The van der Waals surface area contributed by atoms with Crippen molar-refractivity contribution in [3.05, 3.63) is 65.7 Å². The summed E-state index contributed by atoms with van der Waals surface area (Å²) in [6.07, 6.45) is 3.82. The Morgan fingerprint density at radius 2 is 1.86 bits per heavy atom. The Balaban J connectivity index is 1.38. The molecule has 1 atom stereocenters. The third-order valence-corrected chi connectivity index (χ3v) is 5.94. The first-order chi connectivity index (χ1) is 14.2. The molecule has 0 amide bonds. The second kappa shape index (κ2) is 8.87. The lowest BCUT2D eigenvalue weighted by molar-refractivity contribution is 0.0480. The van der Waals surface area contributed by atoms with E-state index in [4.69, 9.17) is 9.73 Å². The maximum atomic E-state index is 11.2. The number of para-hydroxylation sites is 1. The zero-order chi connectivity index (χ0) is 20.1. The van der Waals surface area contributed by atoms with Crippen LogP contribution >= 0.6 is 0 Å². The van der Waals surface area contributed by atoms with Crippen LogP contribution in [0.4, 0.5) is 0 Å². The lowest BCUT2D eigenvalue weighted by atomic mass is 9.96. The number of likely N-dealkylation sites (tertiary alicyclic amines) is 1. The third kappa shape index (κ3) is 4.56. The van der Waals surface area contributed by atoms with Crippen molar-refractivity contribution in [3.63, 3.8) is 0 Å². The molecule has 0 bridgehead atoms. The fraction of sp³-hybridized carbons (Fsp3) is 0.458. The Hall–Kier alpha value is -2.53. The molecule has 0 saturated carbocycles. The molecule has 1 unspecified atom stereocenters. The number of nitrogens with one attached hydrogen (secondary N) is 1. The van der Waals surface area contributed by atoms with Crippen molar-refractivity contribution in [2.24, 2.45) is 4.99 Å². The lowest BCUT2D eigenvalue weighted by Crippen LogP contribution is -2.48. The number of hydrogen-bond donors (Lipinski definition) is 2. The molecule has 5 heteroatoms. The van der Waals surface area contributed by atoms with Gasteiger partial charge < -0.3 is 20.1 Å². The highest BCUT2D eigenvalue weighted by Gasteiger charge is 2.36. The quantitative estimate of drug-likeness (QED) is 0.604. The van der Waals surface area contributed by atoms with Crippen molar-refractivity contribution < 1.29 is 9.84 Å². The van der Waals surface area contributed by atoms with Crippen LogP contribution in [-0.4, -0.2) is 48.2 Å². The van der Waals surface area contributed by atoms with Crippen LogP contribution in [0.5, 0.6) is 5.75 Å². The highest BCUT2D eigenvalue weighted by Crippen LogP contribution is 2.37. The predicted octanol–water partition coefficient (Wildman–Crippen LogP) is 3.33. The molecule has 2 aromatic rings. The molecule has 0 radical (unpaired) electrons. The summed E-state index contributed by atoms with van der Waals surface area (Å²) in [5.41, 5.74) is 1.43. The summed E-state index contributed by atoms with van der Waals surface area (Å²) in [6, 6.07) is 18.2. The first-order valence-electron chi connectivity index (χ1n) is 10.7. The minimum Gasteiger partial charge on any atom is -0.490 e. The number of aryl methyl sites for hydroxylation is 1. The predicted molar refractivity (Wildman–Crippen MR) is 116 cm³/mol. The molecule has 0 spiro atoms. The summed E-state index contributed by atoms with van der Waals surface area (Å²) in [4.78, 5) is 7.13. The normalized spacial score (nSPS) is 22.4. The summed E-state index contributed by atoms with van der Waals surface area (Å²) in [5.74, 6) is 1.83. The molecule has 0 aromatic heterocycles. The summed E-state index contributed by atoms with van der Waals surface area (Å²) in [6.45, 7) is 5.10. The fourth-order valence-corrected chi connectivity index (χ4v) is 4.34. The molecule has 1 aliphatic heterocycles. The number of aliphatic imine (C=N–C) groups is 1. The second-order valence-corrected chi connectivity index (χ2v) is 7.98. The van der Waals surface area contributed by atoms with Crippen LogP contribution in [-0.2, 0) is 12.0 Å². The van der Waals surface area contributed by atoms with Crippen molar-refractivity contribution in [1.82, 2.24) is 10.2 Å². The number of guanidine groups is 1. The van der Waals surface area contributed by atoms with E-state index in [1.54, 1.807) is 0 Å². The van der Waals surface area contributed by atoms with Gasteiger partial charge in [0, 0.05) is 32.5 Å². The molecule has 1 fully saturated rings. The Labute approximate surface area is 173 Å². The van der Waals surface area contributed by atoms with Gasteiger partial charge in [0.2, 0.25) is 0 Å². The fourth-order valence-electron chi connectivity index (χ4n) is 4.34. The maximum Gasteiger partial charge on any atom is 0.194 e. The first kappa shape index (κ1) is 19.8. The van der Waals surface area contributed by atoms with Crippen LogP contribution in [0.25, 0.3) is 0 Å². The largest absolute Gasteiger partial charge is 0.490 e. The second-order valence-electron chi connectivity index (χ2n) is 7.98. The van der Waals surface area contributed by atoms with Gasteiger partial charge in [-0.2, -0.15) is 0 Å². The molecule has 1 heterocycles. The van der Waals surface area contributed by atoms with E-state index in [0.29, 0.717) is 6.54 Å². The average molecular weight is 394 g/mol. The molecule has 2 aromatic carbocycles. The van der Waals surface area contributed by atoms with Crippen LogP contribution in [0.15, 0.2) is 59.6 Å². The topological polar surface area (TPSA) is 57.1 Å². The number of hydrogen-bond acceptors (Lipinski definition) is 3. The molecular formula is C24H31N3O2. The smallest absolute Gasteiger partial charge is 0.194 e. The third-order valence-electron chi connectivity index (χ3n) is 5.94. The van der Waals surface area contributed by atoms with E-state index in [0.717, 1.165) is 62.6 Å². The SMILES string of the molecule is CCNC(=NCC1(O)CCc2ccccc21)N1CCC(Oc2ccccc2)CC1. The van der Waals surface area contributed by atoms with Crippen molar-refractivity contribution in [1.29, 1.82) is 0 Å². The molecule has 2 aliphatic rings. The monoisotopic (exact) mass is 393 g/mol. The molecule has 5 nitrogen and oxygen atoms in total. The molecule has 154 valence electrons. The van der Waals surface area contributed by atoms with E-state index in [1.807, 2.05) is 48.5 Å². The summed E-state index contributed by atoms with van der Waals surface area (Å²) >= 11 is 0. The van der Waals surface area contributed by atoms with Crippen LogP contribution < -0.4 is 10.1 Å². The Morgan fingerprint density at radius 3 is 2.62 bits per heavy atom. The van der Waals surface area contributed by atoms with Gasteiger partial charge in [-0.3, -0.25) is 0 Å². The van der Waals surface area contributed by atoms with Gasteiger partial charge in [0.05, 0.1) is 6.54 Å². The molecule has 1 aliphatic carbocycles. The zero-order valence-corrected chi connectivity index (χ0v) is 17.2. The van der Waals surface area contributed by atoms with E-state index >= 15 is 0 Å². The number of ether oxygens (including phenoxy) is 1. The van der Waals surface area contributed by atoms with Crippen molar-refractivity contribution >= 4 is 5.96 Å². The van der Waals surface area contributed by atoms with Gasteiger partial charge >= 0.3 is 0 Å². The number of piperidine rings is 1. The van der Waals surface area contributed by atoms with Crippen LogP contribution in [0.1, 0.15) is 37.3 Å². The molecule has 29 heavy (non-hydrogen) atoms. The summed E-state index contributed by atoms with van der Waals surface area (Å²) in [7, 11) is 0. The maximum absolute atomic E-state index is 11.2. The number of nitrogens with zero attached hydrogens (tertiary/aromatic N) is 2. The standard InChI is InChI=1S/C24H31N3O2/c1-2-25-23(26-18-24(28)15-12-19-8-6-7-11-22(19)24)27-16-13-21(14-17-27)29-20-9-4-3-5-10-20/h3-11,21,28H,2,12-18H2,1H3,(H,25,26). The van der Waals surface area contributed by atoms with Crippen LogP contribution in [0, 0.1) is 0 Å². The van der Waals surface area contributed by atoms with Crippen molar-refractivity contribution in [3.8, 4) is 5.75 Å². The number of benzene rings is 2. The van der Waals surface area contributed by atoms with Gasteiger partial charge in [-0.05, 0) is 43.0 Å². The minimum absolute atomic E-state index is 0.238. The highest BCUT2D eigenvalue weighted by molar-refractivity contribution is 5.80. The molecule has 1 saturated heterocycles. The van der Waals surface area contributed by atoms with E-state index in [1.165, 1.54) is 5.56 Å². The van der Waals surface area contributed by atoms with Gasteiger partial charge in [0.25, 0.3) is 0 Å². The summed E-state index contributed by atoms with van der Waals surface area (Å²) in [5, 5.41) is 14.6. The van der Waals surface area contributed by atoms with Gasteiger partial charge in [0.15, 0.2) is 5.96 Å². The van der Waals surface area contributed by atoms with Crippen LogP contribution in [0.2, 0.25) is 0 Å².